The van der Waals surface area contributed by atoms with Crippen LogP contribution in [-0.4, -0.2) is 46.5 Å². The van der Waals surface area contributed by atoms with Gasteiger partial charge in [0.1, 0.15) is 5.75 Å². The van der Waals surface area contributed by atoms with Gasteiger partial charge in [-0.3, -0.25) is 4.79 Å². The first-order valence-electron chi connectivity index (χ1n) is 8.56. The van der Waals surface area contributed by atoms with Crippen molar-refractivity contribution in [1.29, 1.82) is 0 Å². The van der Waals surface area contributed by atoms with Crippen molar-refractivity contribution in [2.24, 2.45) is 5.92 Å². The largest absolute Gasteiger partial charge is 0.439 e. The summed E-state index contributed by atoms with van der Waals surface area (Å²) in [7, 11) is 0. The van der Waals surface area contributed by atoms with E-state index in [1.165, 1.54) is 25.9 Å². The number of hydrogen-bond acceptors (Lipinski definition) is 4. The van der Waals surface area contributed by atoms with Crippen molar-refractivity contribution >= 4 is 5.91 Å². The molecule has 2 N–H and O–H groups in total. The van der Waals surface area contributed by atoms with Crippen molar-refractivity contribution in [3.63, 3.8) is 0 Å². The van der Waals surface area contributed by atoms with Crippen LogP contribution in [0.25, 0.3) is 0 Å². The monoisotopic (exact) mass is 326 g/mol. The Bertz CT molecular complexity index is 662. The van der Waals surface area contributed by atoms with E-state index in [0.717, 1.165) is 18.9 Å². The average Bonchev–Trinajstić information content (AvgIpc) is 2.94. The zero-order chi connectivity index (χ0) is 16.4. The topological polar surface area (TPSA) is 70.2 Å². The Hall–Kier alpha value is -2.34. The number of amides is 1. The average molecular weight is 326 g/mol. The third-order valence-electron chi connectivity index (χ3n) is 4.96. The number of benzene rings is 1. The highest BCUT2D eigenvalue weighted by Gasteiger charge is 2.29. The van der Waals surface area contributed by atoms with Crippen molar-refractivity contribution in [3.8, 4) is 11.6 Å². The van der Waals surface area contributed by atoms with Gasteiger partial charge in [0.05, 0.1) is 12.5 Å². The van der Waals surface area contributed by atoms with Gasteiger partial charge in [-0.05, 0) is 62.5 Å². The summed E-state index contributed by atoms with van der Waals surface area (Å²) in [6, 6.07) is 7.46. The van der Waals surface area contributed by atoms with Crippen LogP contribution >= 0.6 is 0 Å². The minimum absolute atomic E-state index is 0.00408. The quantitative estimate of drug-likeness (QED) is 0.905. The first kappa shape index (κ1) is 15.2. The molecule has 2 bridgehead atoms. The summed E-state index contributed by atoms with van der Waals surface area (Å²) >= 11 is 0. The number of aromatic amines is 1. The van der Waals surface area contributed by atoms with E-state index in [9.17, 15) is 4.79 Å². The molecule has 4 heterocycles. The summed E-state index contributed by atoms with van der Waals surface area (Å²) in [5, 5.41) is 3.20. The SMILES string of the molecule is O=C(NC1CC2CCN(CC2)C1)c1ccc(Oc2cnc[nH]2)cc1. The van der Waals surface area contributed by atoms with Crippen molar-refractivity contribution < 1.29 is 9.53 Å². The maximum absolute atomic E-state index is 12.5. The highest BCUT2D eigenvalue weighted by molar-refractivity contribution is 5.94. The molecule has 2 aromatic rings. The van der Waals surface area contributed by atoms with Crippen LogP contribution in [-0.2, 0) is 0 Å². The fourth-order valence-corrected chi connectivity index (χ4v) is 3.67. The number of H-pyrrole nitrogens is 1. The van der Waals surface area contributed by atoms with Crippen molar-refractivity contribution in [2.75, 3.05) is 19.6 Å². The molecule has 0 radical (unpaired) electrons. The highest BCUT2D eigenvalue weighted by atomic mass is 16.5. The van der Waals surface area contributed by atoms with Crippen LogP contribution in [0.1, 0.15) is 29.6 Å². The van der Waals surface area contributed by atoms with Crippen LogP contribution in [0, 0.1) is 5.92 Å². The lowest BCUT2D eigenvalue weighted by atomic mass is 9.94. The maximum Gasteiger partial charge on any atom is 0.251 e. The zero-order valence-corrected chi connectivity index (χ0v) is 13.6. The van der Waals surface area contributed by atoms with Gasteiger partial charge in [0.25, 0.3) is 5.91 Å². The van der Waals surface area contributed by atoms with E-state index in [4.69, 9.17) is 4.74 Å². The summed E-state index contributed by atoms with van der Waals surface area (Å²) in [5.74, 6) is 2.01. The number of fused-ring (bicyclic) bond motifs is 4. The number of nitrogens with zero attached hydrogens (tertiary/aromatic N) is 2. The first-order valence-corrected chi connectivity index (χ1v) is 8.56. The Balaban J connectivity index is 1.37. The molecule has 1 atom stereocenters. The van der Waals surface area contributed by atoms with Crippen molar-refractivity contribution in [3.05, 3.63) is 42.4 Å². The molecule has 3 fully saturated rings. The molecule has 1 aromatic heterocycles. The van der Waals surface area contributed by atoms with Gasteiger partial charge in [0.15, 0.2) is 0 Å². The Morgan fingerprint density at radius 3 is 2.75 bits per heavy atom. The van der Waals surface area contributed by atoms with E-state index in [-0.39, 0.29) is 11.9 Å². The maximum atomic E-state index is 12.5. The van der Waals surface area contributed by atoms with Crippen molar-refractivity contribution in [2.45, 2.75) is 25.3 Å². The smallest absolute Gasteiger partial charge is 0.251 e. The standard InChI is InChI=1S/C18H22N4O2/c23-18(21-15-9-13-5-7-22(11-15)8-6-13)14-1-3-16(4-2-14)24-17-10-19-12-20-17/h1-4,10,12-13,15H,5-9,11H2,(H,19,20)(H,21,23). The number of carbonyl (C=O) groups is 1. The molecule has 6 nitrogen and oxygen atoms in total. The predicted molar refractivity (Wildman–Crippen MR) is 90.1 cm³/mol. The van der Waals surface area contributed by atoms with Crippen LogP contribution in [0.2, 0.25) is 0 Å². The van der Waals surface area contributed by atoms with Crippen LogP contribution in [0.4, 0.5) is 0 Å². The van der Waals surface area contributed by atoms with Crippen molar-refractivity contribution in [1.82, 2.24) is 20.2 Å². The second-order valence-electron chi connectivity index (χ2n) is 6.69. The summed E-state index contributed by atoms with van der Waals surface area (Å²) in [4.78, 5) is 21.8. The number of aromatic nitrogens is 2. The number of carbonyl (C=O) groups excluding carboxylic acids is 1. The van der Waals surface area contributed by atoms with E-state index >= 15 is 0 Å². The number of rotatable bonds is 4. The van der Waals surface area contributed by atoms with Gasteiger partial charge in [-0.1, -0.05) is 0 Å². The molecular weight excluding hydrogens is 304 g/mol. The predicted octanol–water partition coefficient (Wildman–Crippen LogP) is 2.42. The molecular formula is C18H22N4O2. The number of piperidine rings is 1. The van der Waals surface area contributed by atoms with E-state index in [0.29, 0.717) is 17.2 Å². The number of imidazole rings is 1. The molecule has 3 saturated heterocycles. The highest BCUT2D eigenvalue weighted by Crippen LogP contribution is 2.27. The third kappa shape index (κ3) is 3.43. The summed E-state index contributed by atoms with van der Waals surface area (Å²) < 4.78 is 5.60. The second kappa shape index (κ2) is 6.65. The molecule has 126 valence electrons. The van der Waals surface area contributed by atoms with Gasteiger partial charge in [-0.2, -0.15) is 0 Å². The summed E-state index contributed by atoms with van der Waals surface area (Å²) in [6.07, 6.45) is 6.81. The van der Waals surface area contributed by atoms with Gasteiger partial charge in [-0.25, -0.2) is 4.98 Å². The third-order valence-corrected chi connectivity index (χ3v) is 4.96. The zero-order valence-electron chi connectivity index (χ0n) is 13.6. The Morgan fingerprint density at radius 2 is 2.04 bits per heavy atom. The van der Waals surface area contributed by atoms with Gasteiger partial charge in [0.2, 0.25) is 5.88 Å². The Kier molecular flexibility index (Phi) is 4.21. The lowest BCUT2D eigenvalue weighted by molar-refractivity contribution is 0.0929. The Morgan fingerprint density at radius 1 is 1.25 bits per heavy atom. The lowest BCUT2D eigenvalue weighted by Crippen LogP contribution is -2.41. The molecule has 1 amide bonds. The minimum atomic E-state index is -0.00408. The first-order chi connectivity index (χ1) is 11.8. The lowest BCUT2D eigenvalue weighted by Gasteiger charge is -2.26. The van der Waals surface area contributed by atoms with E-state index < -0.39 is 0 Å². The molecule has 3 aliphatic heterocycles. The molecule has 0 aliphatic carbocycles. The van der Waals surface area contributed by atoms with Crippen LogP contribution in [0.3, 0.4) is 0 Å². The fourth-order valence-electron chi connectivity index (χ4n) is 3.67. The number of ether oxygens (including phenoxy) is 1. The van der Waals surface area contributed by atoms with Gasteiger partial charge in [0, 0.05) is 18.2 Å². The number of nitrogens with one attached hydrogen (secondary N) is 2. The van der Waals surface area contributed by atoms with Crippen LogP contribution < -0.4 is 10.1 Å². The Labute approximate surface area is 141 Å². The molecule has 1 unspecified atom stereocenters. The van der Waals surface area contributed by atoms with Crippen LogP contribution in [0.15, 0.2) is 36.8 Å². The molecule has 24 heavy (non-hydrogen) atoms. The molecule has 3 aliphatic rings. The number of hydrogen-bond donors (Lipinski definition) is 2. The second-order valence-corrected chi connectivity index (χ2v) is 6.69. The van der Waals surface area contributed by atoms with Gasteiger partial charge in [-0.15, -0.1) is 0 Å². The summed E-state index contributed by atoms with van der Waals surface area (Å²) in [6.45, 7) is 3.33. The van der Waals surface area contributed by atoms with E-state index in [1.54, 1.807) is 36.8 Å². The minimum Gasteiger partial charge on any atom is -0.439 e. The molecule has 0 spiro atoms. The van der Waals surface area contributed by atoms with E-state index in [1.807, 2.05) is 0 Å². The van der Waals surface area contributed by atoms with Crippen LogP contribution in [0.5, 0.6) is 11.6 Å². The van der Waals surface area contributed by atoms with Gasteiger partial charge >= 0.3 is 0 Å². The molecule has 0 saturated carbocycles. The molecule has 1 aromatic carbocycles. The molecule has 6 heteroatoms. The fraction of sp³-hybridized carbons (Fsp3) is 0.444. The molecule has 5 rings (SSSR count). The summed E-state index contributed by atoms with van der Waals surface area (Å²) in [5.41, 5.74) is 0.665. The normalized spacial score (nSPS) is 25.9. The van der Waals surface area contributed by atoms with Gasteiger partial charge < -0.3 is 19.9 Å². The van der Waals surface area contributed by atoms with E-state index in [2.05, 4.69) is 20.2 Å².